The van der Waals surface area contributed by atoms with Gasteiger partial charge in [0.1, 0.15) is 5.75 Å². The first-order valence-corrected chi connectivity index (χ1v) is 10.3. The van der Waals surface area contributed by atoms with E-state index in [0.29, 0.717) is 29.0 Å². The highest BCUT2D eigenvalue weighted by atomic mass is 79.9. The highest BCUT2D eigenvalue weighted by molar-refractivity contribution is 9.10. The lowest BCUT2D eigenvalue weighted by molar-refractivity contribution is -0.145. The topological polar surface area (TPSA) is 103 Å². The van der Waals surface area contributed by atoms with Crippen LogP contribution < -0.4 is 15.4 Å². The van der Waals surface area contributed by atoms with E-state index >= 15 is 0 Å². The van der Waals surface area contributed by atoms with E-state index in [1.807, 2.05) is 6.92 Å². The summed E-state index contributed by atoms with van der Waals surface area (Å²) in [5.74, 6) is -0.681. The zero-order valence-electron chi connectivity index (χ0n) is 16.7. The third-order valence-corrected chi connectivity index (χ3v) is 4.58. The first kappa shape index (κ1) is 22.7. The summed E-state index contributed by atoms with van der Waals surface area (Å²) in [6, 6.07) is 3.92. The molecule has 1 aromatic rings. The molecule has 0 aromatic heterocycles. The number of carbonyl (C=O) groups is 3. The third kappa shape index (κ3) is 5.96. The zero-order chi connectivity index (χ0) is 21.4. The minimum absolute atomic E-state index is 0.201. The largest absolute Gasteiger partial charge is 0.482 e. The number of urea groups is 1. The van der Waals surface area contributed by atoms with E-state index in [9.17, 15) is 14.4 Å². The summed E-state index contributed by atoms with van der Waals surface area (Å²) >= 11 is 3.41. The van der Waals surface area contributed by atoms with Crippen molar-refractivity contribution in [1.82, 2.24) is 10.6 Å². The molecule has 1 aliphatic rings. The highest BCUT2D eigenvalue weighted by Gasteiger charge is 2.35. The van der Waals surface area contributed by atoms with Crippen LogP contribution in [0.25, 0.3) is 0 Å². The Hall–Kier alpha value is -2.55. The van der Waals surface area contributed by atoms with Crippen LogP contribution in [0.3, 0.4) is 0 Å². The number of nitrogens with one attached hydrogen (secondary N) is 2. The fourth-order valence-corrected chi connectivity index (χ4v) is 3.34. The number of rotatable bonds is 9. The van der Waals surface area contributed by atoms with Crippen molar-refractivity contribution in [3.63, 3.8) is 0 Å². The Labute approximate surface area is 178 Å². The van der Waals surface area contributed by atoms with E-state index in [-0.39, 0.29) is 19.8 Å². The first-order chi connectivity index (χ1) is 13.9. The molecule has 0 radical (unpaired) electrons. The van der Waals surface area contributed by atoms with Gasteiger partial charge in [0, 0.05) is 15.7 Å². The van der Waals surface area contributed by atoms with Gasteiger partial charge in [0.25, 0.3) is 0 Å². The number of ether oxygens (including phenoxy) is 3. The summed E-state index contributed by atoms with van der Waals surface area (Å²) in [6.07, 6.45) is 1.24. The summed E-state index contributed by atoms with van der Waals surface area (Å²) in [6.45, 7) is 5.53. The smallest absolute Gasteiger partial charge is 0.344 e. The lowest BCUT2D eigenvalue weighted by Gasteiger charge is -2.30. The van der Waals surface area contributed by atoms with Gasteiger partial charge in [-0.1, -0.05) is 29.3 Å². The molecule has 0 fully saturated rings. The molecule has 0 bridgehead atoms. The van der Waals surface area contributed by atoms with Gasteiger partial charge >= 0.3 is 18.0 Å². The van der Waals surface area contributed by atoms with Crippen LogP contribution in [0.15, 0.2) is 33.9 Å². The first-order valence-electron chi connectivity index (χ1n) is 9.46. The predicted molar refractivity (Wildman–Crippen MR) is 109 cm³/mol. The number of benzene rings is 1. The standard InChI is InChI=1S/C20H25BrN2O6/c1-4-7-14-17(19(25)28-6-3)18(23-20(26)22-14)13-10-12(21)8-9-15(13)29-11-16(24)27-5-2/h8-10,18H,4-7,11H2,1-3H3,(H2,22,23,26)/t18-/m1/s1. The lowest BCUT2D eigenvalue weighted by Crippen LogP contribution is -2.46. The molecule has 9 heteroatoms. The van der Waals surface area contributed by atoms with Crippen molar-refractivity contribution < 1.29 is 28.6 Å². The Morgan fingerprint density at radius 3 is 2.52 bits per heavy atom. The average Bonchev–Trinajstić information content (AvgIpc) is 2.67. The van der Waals surface area contributed by atoms with Crippen LogP contribution in [0.5, 0.6) is 5.75 Å². The number of esters is 2. The summed E-state index contributed by atoms with van der Waals surface area (Å²) in [7, 11) is 0. The van der Waals surface area contributed by atoms with Gasteiger partial charge in [-0.15, -0.1) is 0 Å². The molecule has 2 rings (SSSR count). The van der Waals surface area contributed by atoms with Crippen LogP contribution in [0.2, 0.25) is 0 Å². The molecule has 158 valence electrons. The number of allylic oxidation sites excluding steroid dienone is 1. The maximum Gasteiger partial charge on any atom is 0.344 e. The van der Waals surface area contributed by atoms with E-state index in [4.69, 9.17) is 14.2 Å². The molecule has 1 heterocycles. The SMILES string of the molecule is CCCC1=C(C(=O)OCC)[C@@H](c2cc(Br)ccc2OCC(=O)OCC)NC(=O)N1. The van der Waals surface area contributed by atoms with Crippen LogP contribution in [-0.4, -0.2) is 37.8 Å². The molecule has 29 heavy (non-hydrogen) atoms. The van der Waals surface area contributed by atoms with Gasteiger partial charge in [0.2, 0.25) is 0 Å². The summed E-state index contributed by atoms with van der Waals surface area (Å²) < 4.78 is 16.5. The average molecular weight is 469 g/mol. The van der Waals surface area contributed by atoms with Gasteiger partial charge in [-0.3, -0.25) is 0 Å². The zero-order valence-corrected chi connectivity index (χ0v) is 18.3. The maximum atomic E-state index is 12.7. The molecule has 1 aliphatic heterocycles. The van der Waals surface area contributed by atoms with Crippen molar-refractivity contribution in [2.45, 2.75) is 39.7 Å². The van der Waals surface area contributed by atoms with Crippen molar-refractivity contribution in [2.75, 3.05) is 19.8 Å². The quantitative estimate of drug-likeness (QED) is 0.538. The van der Waals surface area contributed by atoms with Crippen molar-refractivity contribution >= 4 is 33.9 Å². The molecule has 2 N–H and O–H groups in total. The predicted octanol–water partition coefficient (Wildman–Crippen LogP) is 3.36. The van der Waals surface area contributed by atoms with Crippen molar-refractivity contribution in [3.05, 3.63) is 39.5 Å². The Morgan fingerprint density at radius 2 is 1.86 bits per heavy atom. The van der Waals surface area contributed by atoms with Crippen LogP contribution in [0.1, 0.15) is 45.2 Å². The second-order valence-electron chi connectivity index (χ2n) is 6.17. The summed E-state index contributed by atoms with van der Waals surface area (Å²) in [5.41, 5.74) is 1.35. The monoisotopic (exact) mass is 468 g/mol. The van der Waals surface area contributed by atoms with Crippen LogP contribution in [0.4, 0.5) is 4.79 Å². The molecular weight excluding hydrogens is 444 g/mol. The fraction of sp³-hybridized carbons (Fsp3) is 0.450. The van der Waals surface area contributed by atoms with E-state index < -0.39 is 24.0 Å². The normalized spacial score (nSPS) is 16.0. The lowest BCUT2D eigenvalue weighted by atomic mass is 9.93. The van der Waals surface area contributed by atoms with E-state index in [0.717, 1.165) is 10.9 Å². The molecule has 0 spiro atoms. The van der Waals surface area contributed by atoms with Gasteiger partial charge < -0.3 is 24.8 Å². The van der Waals surface area contributed by atoms with Gasteiger partial charge in [-0.2, -0.15) is 0 Å². The number of carbonyl (C=O) groups excluding carboxylic acids is 3. The Balaban J connectivity index is 2.49. The van der Waals surface area contributed by atoms with Gasteiger partial charge in [0.05, 0.1) is 24.8 Å². The number of halogens is 1. The van der Waals surface area contributed by atoms with E-state index in [1.165, 1.54) is 0 Å². The maximum absolute atomic E-state index is 12.7. The van der Waals surface area contributed by atoms with Crippen molar-refractivity contribution in [1.29, 1.82) is 0 Å². The summed E-state index contributed by atoms with van der Waals surface area (Å²) in [5, 5.41) is 5.47. The number of hydrogen-bond donors (Lipinski definition) is 2. The Kier molecular flexibility index (Phi) is 8.50. The minimum atomic E-state index is -0.793. The van der Waals surface area contributed by atoms with Crippen molar-refractivity contribution in [3.8, 4) is 5.75 Å². The second-order valence-corrected chi connectivity index (χ2v) is 7.09. The molecule has 0 aliphatic carbocycles. The van der Waals surface area contributed by atoms with Crippen LogP contribution in [0, 0.1) is 0 Å². The van der Waals surface area contributed by atoms with Crippen LogP contribution >= 0.6 is 15.9 Å². The van der Waals surface area contributed by atoms with Crippen LogP contribution in [-0.2, 0) is 19.1 Å². The molecule has 1 atom stereocenters. The fourth-order valence-electron chi connectivity index (χ4n) is 2.96. The van der Waals surface area contributed by atoms with Gasteiger partial charge in [0.15, 0.2) is 6.61 Å². The van der Waals surface area contributed by atoms with Gasteiger partial charge in [-0.05, 0) is 38.5 Å². The minimum Gasteiger partial charge on any atom is -0.482 e. The molecular formula is C20H25BrN2O6. The number of hydrogen-bond acceptors (Lipinski definition) is 6. The molecule has 0 saturated heterocycles. The highest BCUT2D eigenvalue weighted by Crippen LogP contribution is 2.36. The Morgan fingerprint density at radius 1 is 1.14 bits per heavy atom. The van der Waals surface area contributed by atoms with E-state index in [1.54, 1.807) is 32.0 Å². The Bertz CT molecular complexity index is 808. The second kappa shape index (κ2) is 10.8. The third-order valence-electron chi connectivity index (χ3n) is 4.08. The van der Waals surface area contributed by atoms with E-state index in [2.05, 4.69) is 26.6 Å². The molecule has 1 aromatic carbocycles. The molecule has 0 saturated carbocycles. The van der Waals surface area contributed by atoms with Gasteiger partial charge in [-0.25, -0.2) is 14.4 Å². The van der Waals surface area contributed by atoms with Crippen molar-refractivity contribution in [2.24, 2.45) is 0 Å². The molecule has 8 nitrogen and oxygen atoms in total. The molecule has 0 unspecified atom stereocenters. The summed E-state index contributed by atoms with van der Waals surface area (Å²) in [4.78, 5) is 36.7. The molecule has 2 amide bonds. The number of amides is 2.